The third kappa shape index (κ3) is 5.30. The highest BCUT2D eigenvalue weighted by molar-refractivity contribution is 7.89. The number of hydrogen-bond donors (Lipinski definition) is 1. The Hall–Kier alpha value is -3.85. The Morgan fingerprint density at radius 1 is 0.771 bits per heavy atom. The van der Waals surface area contributed by atoms with E-state index in [0.29, 0.717) is 18.2 Å². The van der Waals surface area contributed by atoms with Crippen molar-refractivity contribution in [2.75, 3.05) is 0 Å². The lowest BCUT2D eigenvalue weighted by Gasteiger charge is -2.10. The number of rotatable bonds is 4. The predicted molar refractivity (Wildman–Crippen MR) is 108 cm³/mol. The second-order valence-corrected chi connectivity index (χ2v) is 8.59. The first-order chi connectivity index (χ1) is 16.2. The van der Waals surface area contributed by atoms with E-state index < -0.39 is 45.3 Å². The summed E-state index contributed by atoms with van der Waals surface area (Å²) in [5, 5.41) is 8.69. The Balaban J connectivity index is 1.78. The molecule has 2 aromatic carbocycles. The maximum Gasteiger partial charge on any atom is 0.433 e. The Kier molecular flexibility index (Phi) is 5.84. The highest BCUT2D eigenvalue weighted by Gasteiger charge is 2.35. The maximum absolute atomic E-state index is 13.5. The Morgan fingerprint density at radius 2 is 1.46 bits per heavy atom. The van der Waals surface area contributed by atoms with Gasteiger partial charge in [-0.25, -0.2) is 23.5 Å². The minimum absolute atomic E-state index is 0.0484. The van der Waals surface area contributed by atoms with Gasteiger partial charge in [-0.05, 0) is 30.3 Å². The highest BCUT2D eigenvalue weighted by Crippen LogP contribution is 2.34. The summed E-state index contributed by atoms with van der Waals surface area (Å²) in [4.78, 5) is 11.0. The number of alkyl halides is 6. The molecule has 2 N–H and O–H groups in total. The van der Waals surface area contributed by atoms with Crippen LogP contribution in [-0.2, 0) is 22.4 Å². The molecule has 0 fully saturated rings. The minimum Gasteiger partial charge on any atom is -0.330 e. The van der Waals surface area contributed by atoms with Crippen LogP contribution in [0.15, 0.2) is 64.0 Å². The average molecular weight is 515 g/mol. The maximum atomic E-state index is 13.5. The summed E-state index contributed by atoms with van der Waals surface area (Å²) < 4.78 is 107. The van der Waals surface area contributed by atoms with E-state index in [1.54, 1.807) is 0 Å². The van der Waals surface area contributed by atoms with Crippen LogP contribution in [0.4, 0.5) is 26.3 Å². The van der Waals surface area contributed by atoms with Gasteiger partial charge in [-0.15, -0.1) is 0 Å². The lowest BCUT2D eigenvalue weighted by Crippen LogP contribution is -2.12. The zero-order valence-corrected chi connectivity index (χ0v) is 17.8. The first-order valence-corrected chi connectivity index (χ1v) is 10.9. The van der Waals surface area contributed by atoms with Gasteiger partial charge in [-0.2, -0.15) is 31.3 Å². The van der Waals surface area contributed by atoms with E-state index in [9.17, 15) is 34.8 Å². The zero-order valence-electron chi connectivity index (χ0n) is 17.0. The third-order valence-corrected chi connectivity index (χ3v) is 5.47. The Bertz CT molecular complexity index is 1500. The summed E-state index contributed by atoms with van der Waals surface area (Å²) in [6.07, 6.45) is -9.56. The third-order valence-electron chi connectivity index (χ3n) is 4.56. The van der Waals surface area contributed by atoms with Crippen molar-refractivity contribution >= 4 is 10.0 Å². The molecule has 4 aromatic rings. The van der Waals surface area contributed by atoms with E-state index >= 15 is 0 Å². The fraction of sp³-hybridized carbons (Fsp3) is 0.100. The first kappa shape index (κ1) is 24.3. The van der Waals surface area contributed by atoms with Gasteiger partial charge in [0.05, 0.1) is 16.2 Å². The van der Waals surface area contributed by atoms with Crippen molar-refractivity contribution in [2.24, 2.45) is 5.14 Å². The van der Waals surface area contributed by atoms with Crippen LogP contribution in [0.25, 0.3) is 34.4 Å². The van der Waals surface area contributed by atoms with E-state index in [2.05, 4.69) is 20.1 Å². The topological polar surface area (TPSA) is 125 Å². The van der Waals surface area contributed by atoms with Crippen molar-refractivity contribution in [2.45, 2.75) is 17.2 Å². The van der Waals surface area contributed by atoms with Crippen molar-refractivity contribution < 1.29 is 39.3 Å². The van der Waals surface area contributed by atoms with Gasteiger partial charge in [-0.1, -0.05) is 29.4 Å². The van der Waals surface area contributed by atoms with Crippen LogP contribution >= 0.6 is 0 Å². The molecule has 0 saturated heterocycles. The normalized spacial score (nSPS) is 12.7. The number of benzene rings is 2. The van der Waals surface area contributed by atoms with Gasteiger partial charge >= 0.3 is 12.4 Å². The molecule has 0 radical (unpaired) electrons. The predicted octanol–water partition coefficient (Wildman–Crippen LogP) is 4.55. The molecule has 0 aliphatic carbocycles. The van der Waals surface area contributed by atoms with Crippen molar-refractivity contribution in [3.05, 3.63) is 65.9 Å². The van der Waals surface area contributed by atoms with E-state index in [1.165, 1.54) is 18.2 Å². The fourth-order valence-electron chi connectivity index (χ4n) is 2.91. The van der Waals surface area contributed by atoms with E-state index in [4.69, 9.17) is 9.66 Å². The smallest absolute Gasteiger partial charge is 0.330 e. The summed E-state index contributed by atoms with van der Waals surface area (Å²) in [5.74, 6) is -1.38. The molecule has 182 valence electrons. The highest BCUT2D eigenvalue weighted by atomic mass is 32.2. The first-order valence-electron chi connectivity index (χ1n) is 9.33. The molecule has 2 aromatic heterocycles. The molecule has 0 unspecified atom stereocenters. The van der Waals surface area contributed by atoms with Gasteiger partial charge in [-0.3, -0.25) is 0 Å². The molecule has 0 atom stereocenters. The summed E-state index contributed by atoms with van der Waals surface area (Å²) in [6.45, 7) is 0. The van der Waals surface area contributed by atoms with Gasteiger partial charge in [0.15, 0.2) is 0 Å². The number of nitrogens with two attached hydrogens (primary N) is 1. The molecule has 15 heteroatoms. The van der Waals surface area contributed by atoms with Gasteiger partial charge in [0.2, 0.25) is 21.7 Å². The minimum atomic E-state index is -4.93. The van der Waals surface area contributed by atoms with E-state index in [1.807, 2.05) is 0 Å². The van der Waals surface area contributed by atoms with Gasteiger partial charge in [0, 0.05) is 11.1 Å². The monoisotopic (exact) mass is 515 g/mol. The van der Waals surface area contributed by atoms with Crippen LogP contribution in [0, 0.1) is 0 Å². The summed E-state index contributed by atoms with van der Waals surface area (Å²) in [5.41, 5.74) is -2.65. The van der Waals surface area contributed by atoms with Gasteiger partial charge < -0.3 is 4.52 Å². The fourth-order valence-corrected chi connectivity index (χ4v) is 3.47. The van der Waals surface area contributed by atoms with Gasteiger partial charge in [0.25, 0.3) is 5.89 Å². The largest absolute Gasteiger partial charge is 0.433 e. The second kappa shape index (κ2) is 8.42. The van der Waals surface area contributed by atoms with E-state index in [-0.39, 0.29) is 27.5 Å². The summed E-state index contributed by atoms with van der Waals surface area (Å²) >= 11 is 0. The molecular weight excluding hydrogens is 504 g/mol. The van der Waals surface area contributed by atoms with Crippen molar-refractivity contribution in [1.29, 1.82) is 0 Å². The van der Waals surface area contributed by atoms with E-state index in [0.717, 1.165) is 18.2 Å². The quantitative estimate of drug-likeness (QED) is 0.396. The lowest BCUT2D eigenvalue weighted by molar-refractivity contribution is -0.141. The van der Waals surface area contributed by atoms with Crippen molar-refractivity contribution in [3.63, 3.8) is 0 Å². The number of sulfonamides is 1. The molecule has 0 aliphatic rings. The van der Waals surface area contributed by atoms with Crippen molar-refractivity contribution in [3.8, 4) is 34.4 Å². The molecule has 0 amide bonds. The molecule has 0 saturated carbocycles. The van der Waals surface area contributed by atoms with Crippen molar-refractivity contribution in [1.82, 2.24) is 20.1 Å². The molecule has 0 aliphatic heterocycles. The van der Waals surface area contributed by atoms with Crippen LogP contribution in [0.5, 0.6) is 0 Å². The van der Waals surface area contributed by atoms with Crippen LogP contribution < -0.4 is 5.14 Å². The summed E-state index contributed by atoms with van der Waals surface area (Å²) in [7, 11) is -4.06. The molecule has 4 rings (SSSR count). The standard InChI is InChI=1S/C20H11F6N5O3S/c21-19(22,23)12-6-4-10(5-7-12)14-9-15(20(24,25)26)29-17(28-14)18-30-16(31-34-18)11-2-1-3-13(8-11)35(27,32)33/h1-9H,(H2,27,32,33). The summed E-state index contributed by atoms with van der Waals surface area (Å²) in [6, 6.07) is 9.00. The second-order valence-electron chi connectivity index (χ2n) is 7.03. The molecule has 2 heterocycles. The number of nitrogens with zero attached hydrogens (tertiary/aromatic N) is 4. The number of hydrogen-bond acceptors (Lipinski definition) is 7. The number of aromatic nitrogens is 4. The number of primary sulfonamides is 1. The molecule has 35 heavy (non-hydrogen) atoms. The zero-order chi connectivity index (χ0) is 25.6. The van der Waals surface area contributed by atoms with Gasteiger partial charge in [0.1, 0.15) is 5.69 Å². The lowest BCUT2D eigenvalue weighted by atomic mass is 10.1. The van der Waals surface area contributed by atoms with Crippen LogP contribution in [0.1, 0.15) is 11.3 Å². The Labute approximate surface area is 192 Å². The molecule has 8 nitrogen and oxygen atoms in total. The number of halogens is 6. The van der Waals surface area contributed by atoms with Crippen LogP contribution in [0.3, 0.4) is 0 Å². The Morgan fingerprint density at radius 3 is 2.06 bits per heavy atom. The SMILES string of the molecule is NS(=O)(=O)c1cccc(-c2noc(-c3nc(-c4ccc(C(F)(F)F)cc4)cc(C(F)(F)F)n3)n2)c1. The molecule has 0 spiro atoms. The van der Waals surface area contributed by atoms with Crippen LogP contribution in [-0.4, -0.2) is 28.5 Å². The molecular formula is C20H11F6N5O3S. The van der Waals surface area contributed by atoms with Crippen LogP contribution in [0.2, 0.25) is 0 Å². The molecule has 0 bridgehead atoms. The average Bonchev–Trinajstić information content (AvgIpc) is 3.28.